The van der Waals surface area contributed by atoms with Gasteiger partial charge in [0, 0.05) is 29.9 Å². The van der Waals surface area contributed by atoms with Gasteiger partial charge < -0.3 is 14.8 Å². The first kappa shape index (κ1) is 20.7. The molecule has 2 N–H and O–H groups in total. The van der Waals surface area contributed by atoms with Crippen molar-refractivity contribution in [1.82, 2.24) is 4.57 Å². The van der Waals surface area contributed by atoms with Crippen molar-refractivity contribution in [3.63, 3.8) is 0 Å². The van der Waals surface area contributed by atoms with Crippen LogP contribution in [0.5, 0.6) is 5.75 Å². The fraction of sp³-hybridized carbons (Fsp3) is 0.211. The van der Waals surface area contributed by atoms with E-state index in [0.717, 1.165) is 0 Å². The van der Waals surface area contributed by atoms with Gasteiger partial charge in [0.05, 0.1) is 10.5 Å². The van der Waals surface area contributed by atoms with E-state index in [-0.39, 0.29) is 28.6 Å². The van der Waals surface area contributed by atoms with Crippen LogP contribution in [0.1, 0.15) is 42.7 Å². The summed E-state index contributed by atoms with van der Waals surface area (Å²) in [6.07, 6.45) is 6.79. The quantitative estimate of drug-likeness (QED) is 0.459. The highest BCUT2D eigenvalue weighted by Crippen LogP contribution is 2.32. The van der Waals surface area contributed by atoms with Crippen LogP contribution in [-0.2, 0) is 0 Å². The van der Waals surface area contributed by atoms with Crippen LogP contribution in [0.4, 0.5) is 5.69 Å². The zero-order chi connectivity index (χ0) is 19.9. The molecule has 0 amide bonds. The van der Waals surface area contributed by atoms with Crippen LogP contribution in [0.25, 0.3) is 5.69 Å². The van der Waals surface area contributed by atoms with Crippen LogP contribution in [0.2, 0.25) is 0 Å². The zero-order valence-electron chi connectivity index (χ0n) is 14.9. The molecule has 0 radical (unpaired) electrons. The van der Waals surface area contributed by atoms with Crippen molar-refractivity contribution in [1.29, 1.82) is 0 Å². The summed E-state index contributed by atoms with van der Waals surface area (Å²) in [7, 11) is 0. The number of carboxylic acids is 1. The van der Waals surface area contributed by atoms with E-state index in [0.29, 0.717) is 5.69 Å². The second-order valence-electron chi connectivity index (χ2n) is 5.44. The summed E-state index contributed by atoms with van der Waals surface area (Å²) >= 11 is 0. The van der Waals surface area contributed by atoms with Gasteiger partial charge in [-0.25, -0.2) is 4.79 Å². The number of aromatic hydroxyl groups is 1. The Balaban J connectivity index is 0.00000105. The molecule has 0 aliphatic rings. The number of nitro groups is 1. The fourth-order valence-corrected chi connectivity index (χ4v) is 2.54. The summed E-state index contributed by atoms with van der Waals surface area (Å²) in [4.78, 5) is 22.1. The Morgan fingerprint density at radius 1 is 1.35 bits per heavy atom. The van der Waals surface area contributed by atoms with Crippen molar-refractivity contribution in [3.8, 4) is 11.4 Å². The van der Waals surface area contributed by atoms with Crippen molar-refractivity contribution in [3.05, 3.63) is 76.6 Å². The summed E-state index contributed by atoms with van der Waals surface area (Å²) in [6, 6.07) is 5.05. The molecule has 0 fully saturated rings. The largest absolute Gasteiger partial charge is 0.508 e. The van der Waals surface area contributed by atoms with Crippen LogP contribution < -0.4 is 0 Å². The van der Waals surface area contributed by atoms with E-state index >= 15 is 0 Å². The lowest BCUT2D eigenvalue weighted by Gasteiger charge is -2.14. The molecule has 2 rings (SSSR count). The highest BCUT2D eigenvalue weighted by atomic mass is 16.6. The Kier molecular flexibility index (Phi) is 7.34. The van der Waals surface area contributed by atoms with Gasteiger partial charge in [-0.3, -0.25) is 10.1 Å². The Labute approximate surface area is 151 Å². The van der Waals surface area contributed by atoms with E-state index < -0.39 is 10.9 Å². The third-order valence-corrected chi connectivity index (χ3v) is 3.48. The first-order valence-electron chi connectivity index (χ1n) is 7.90. The molecule has 7 heteroatoms. The molecule has 0 aliphatic carbocycles. The van der Waals surface area contributed by atoms with Crippen LogP contribution in [0.3, 0.4) is 0 Å². The van der Waals surface area contributed by atoms with Gasteiger partial charge in [0.25, 0.3) is 5.69 Å². The number of nitro benzene ring substituents is 1. The number of benzene rings is 1. The van der Waals surface area contributed by atoms with Crippen molar-refractivity contribution < 1.29 is 19.9 Å². The Bertz CT molecular complexity index is 836. The van der Waals surface area contributed by atoms with E-state index in [2.05, 4.69) is 6.58 Å². The molecule has 26 heavy (non-hydrogen) atoms. The SMILES string of the molecule is C/C=C\C(C)c1c(C(=O)O)ccn1-c1cc(O)ccc1[N+](=O)[O-].C=CC. The van der Waals surface area contributed by atoms with Gasteiger partial charge in [0.2, 0.25) is 0 Å². The van der Waals surface area contributed by atoms with E-state index in [1.165, 1.54) is 35.0 Å². The summed E-state index contributed by atoms with van der Waals surface area (Å²) in [6.45, 7) is 8.86. The lowest BCUT2D eigenvalue weighted by atomic mass is 10.0. The minimum atomic E-state index is -1.11. The monoisotopic (exact) mass is 358 g/mol. The van der Waals surface area contributed by atoms with Gasteiger partial charge in [-0.2, -0.15) is 0 Å². The van der Waals surface area contributed by atoms with E-state index in [1.807, 2.05) is 6.92 Å². The van der Waals surface area contributed by atoms with Gasteiger partial charge in [0.15, 0.2) is 0 Å². The maximum absolute atomic E-state index is 11.4. The molecule has 0 bridgehead atoms. The molecule has 0 aliphatic heterocycles. The Morgan fingerprint density at radius 3 is 2.46 bits per heavy atom. The second kappa shape index (κ2) is 9.22. The lowest BCUT2D eigenvalue weighted by Crippen LogP contribution is -2.09. The molecule has 1 unspecified atom stereocenters. The highest BCUT2D eigenvalue weighted by molar-refractivity contribution is 5.90. The summed E-state index contributed by atoms with van der Waals surface area (Å²) in [5.74, 6) is -1.53. The van der Waals surface area contributed by atoms with Crippen LogP contribution in [0, 0.1) is 10.1 Å². The molecule has 2 aromatic rings. The first-order valence-corrected chi connectivity index (χ1v) is 7.90. The average Bonchev–Trinajstić information content (AvgIpc) is 3.00. The number of aromatic carboxylic acids is 1. The number of rotatable bonds is 5. The summed E-state index contributed by atoms with van der Waals surface area (Å²) in [5, 5.41) is 30.3. The average molecular weight is 358 g/mol. The zero-order valence-corrected chi connectivity index (χ0v) is 14.9. The molecule has 0 saturated heterocycles. The van der Waals surface area contributed by atoms with Crippen molar-refractivity contribution in [2.75, 3.05) is 0 Å². The number of aromatic nitrogens is 1. The van der Waals surface area contributed by atoms with Crippen LogP contribution in [0.15, 0.2) is 55.3 Å². The third kappa shape index (κ3) is 4.60. The van der Waals surface area contributed by atoms with Gasteiger partial charge in [0.1, 0.15) is 11.4 Å². The predicted octanol–water partition coefficient (Wildman–Crippen LogP) is 4.66. The number of phenolic OH excluding ortho intramolecular Hbond substituents is 1. The minimum Gasteiger partial charge on any atom is -0.508 e. The number of carboxylic acid groups (broad SMARTS) is 1. The number of carbonyl (C=O) groups is 1. The standard InChI is InChI=1S/C16H16N2O5.C3H6/c1-3-4-10(2)15-12(16(20)21)7-8-17(15)14-9-11(19)5-6-13(14)18(22)23;1-3-2/h3-10,19H,1-2H3,(H,20,21);3H,1H2,2H3/b4-3-;. The number of hydrogen-bond acceptors (Lipinski definition) is 4. The molecular weight excluding hydrogens is 336 g/mol. The van der Waals surface area contributed by atoms with E-state index in [1.54, 1.807) is 32.1 Å². The third-order valence-electron chi connectivity index (χ3n) is 3.48. The molecule has 0 spiro atoms. The van der Waals surface area contributed by atoms with Crippen LogP contribution >= 0.6 is 0 Å². The first-order chi connectivity index (χ1) is 12.3. The number of hydrogen-bond donors (Lipinski definition) is 2. The summed E-state index contributed by atoms with van der Waals surface area (Å²) in [5.41, 5.74) is 0.371. The number of phenols is 1. The maximum Gasteiger partial charge on any atom is 0.337 e. The molecule has 0 saturated carbocycles. The smallest absolute Gasteiger partial charge is 0.337 e. The number of nitrogens with zero attached hydrogens (tertiary/aromatic N) is 2. The van der Waals surface area contributed by atoms with Gasteiger partial charge in [-0.15, -0.1) is 6.58 Å². The lowest BCUT2D eigenvalue weighted by molar-refractivity contribution is -0.384. The Hall–Kier alpha value is -3.35. The Morgan fingerprint density at radius 2 is 1.96 bits per heavy atom. The van der Waals surface area contributed by atoms with Gasteiger partial charge in [-0.05, 0) is 26.0 Å². The maximum atomic E-state index is 11.4. The van der Waals surface area contributed by atoms with Gasteiger partial charge >= 0.3 is 5.97 Å². The molecule has 1 heterocycles. The number of allylic oxidation sites excluding steroid dienone is 3. The normalized spacial score (nSPS) is 11.5. The van der Waals surface area contributed by atoms with Crippen molar-refractivity contribution >= 4 is 11.7 Å². The highest BCUT2D eigenvalue weighted by Gasteiger charge is 2.24. The summed E-state index contributed by atoms with van der Waals surface area (Å²) < 4.78 is 1.44. The molecule has 138 valence electrons. The van der Waals surface area contributed by atoms with Crippen molar-refractivity contribution in [2.24, 2.45) is 0 Å². The topological polar surface area (TPSA) is 106 Å². The van der Waals surface area contributed by atoms with E-state index in [4.69, 9.17) is 0 Å². The van der Waals surface area contributed by atoms with Gasteiger partial charge in [-0.1, -0.05) is 25.2 Å². The molecule has 1 atom stereocenters. The molecule has 1 aromatic carbocycles. The van der Waals surface area contributed by atoms with E-state index in [9.17, 15) is 25.1 Å². The fourth-order valence-electron chi connectivity index (χ4n) is 2.54. The van der Waals surface area contributed by atoms with Crippen LogP contribution in [-0.4, -0.2) is 25.7 Å². The minimum absolute atomic E-state index is 0.0632. The molecule has 1 aromatic heterocycles. The second-order valence-corrected chi connectivity index (χ2v) is 5.44. The van der Waals surface area contributed by atoms with Crippen molar-refractivity contribution in [2.45, 2.75) is 26.7 Å². The predicted molar refractivity (Wildman–Crippen MR) is 100 cm³/mol. The molecular formula is C19H22N2O5. The molecule has 7 nitrogen and oxygen atoms in total.